The number of nitrogens with one attached hydrogen (secondary N) is 1. The molecule has 0 spiro atoms. The first-order valence-electron chi connectivity index (χ1n) is 12.0. The number of anilines is 1. The number of benzene rings is 3. The van der Waals surface area contributed by atoms with Gasteiger partial charge in [0.25, 0.3) is 5.91 Å². The van der Waals surface area contributed by atoms with Crippen LogP contribution in [0.2, 0.25) is 0 Å². The molecule has 1 N–H and O–H groups in total. The summed E-state index contributed by atoms with van der Waals surface area (Å²) in [5.41, 5.74) is -0.139. The van der Waals surface area contributed by atoms with Crippen LogP contribution in [-0.4, -0.2) is 39.0 Å². The fraction of sp³-hybridized carbons (Fsp3) is 0.333. The molecule has 1 aliphatic rings. The van der Waals surface area contributed by atoms with Crippen LogP contribution in [0.15, 0.2) is 54.6 Å². The van der Waals surface area contributed by atoms with Crippen molar-refractivity contribution < 1.29 is 36.6 Å². The summed E-state index contributed by atoms with van der Waals surface area (Å²) in [6.07, 6.45) is 0.562. The van der Waals surface area contributed by atoms with E-state index in [-0.39, 0.29) is 42.4 Å². The zero-order valence-corrected chi connectivity index (χ0v) is 22.1. The second kappa shape index (κ2) is 10.9. The first-order chi connectivity index (χ1) is 17.9. The smallest absolute Gasteiger partial charge is 0.326 e. The molecule has 1 saturated heterocycles. The van der Waals surface area contributed by atoms with Crippen molar-refractivity contribution >= 4 is 38.5 Å². The lowest BCUT2D eigenvalue weighted by Crippen LogP contribution is -2.30. The van der Waals surface area contributed by atoms with Crippen molar-refractivity contribution in [3.8, 4) is 11.5 Å². The van der Waals surface area contributed by atoms with Crippen LogP contribution < -0.4 is 18.5 Å². The topological polar surface area (TPSA) is 111 Å². The summed E-state index contributed by atoms with van der Waals surface area (Å²) < 4.78 is 60.5. The molecule has 3 aromatic rings. The maximum absolute atomic E-state index is 16.0. The predicted molar refractivity (Wildman–Crippen MR) is 140 cm³/mol. The highest BCUT2D eigenvalue weighted by Gasteiger charge is 2.38. The van der Waals surface area contributed by atoms with Gasteiger partial charge in [-0.2, -0.15) is 8.42 Å². The van der Waals surface area contributed by atoms with E-state index < -0.39 is 34.1 Å². The van der Waals surface area contributed by atoms with Crippen molar-refractivity contribution in [2.45, 2.75) is 45.8 Å². The van der Waals surface area contributed by atoms with Gasteiger partial charge in [0.1, 0.15) is 35.9 Å². The van der Waals surface area contributed by atoms with E-state index in [1.165, 1.54) is 12.1 Å². The molecule has 9 nitrogen and oxygen atoms in total. The number of carbonyl (C=O) groups excluding carboxylic acids is 2. The number of fused-ring (bicyclic) bond motifs is 1. The summed E-state index contributed by atoms with van der Waals surface area (Å²) in [5, 5.41) is 0.539. The molecule has 0 unspecified atom stereocenters. The van der Waals surface area contributed by atoms with Crippen molar-refractivity contribution in [2.75, 3.05) is 17.5 Å². The van der Waals surface area contributed by atoms with E-state index in [9.17, 15) is 18.0 Å². The molecule has 1 fully saturated rings. The standard InChI is InChI=1S/C27H29FN2O7S/c1-27(2,3)37-24(32)10-7-13-35-20-12-11-19-14-22(36-17-18-8-5-4-6-9-18)26(25(28)21(19)15-20)30-16-23(31)29-38(30,33)34/h4-6,8-9,11-12,14-15H,7,10,13,16-17H2,1-3H3,(H,29,31). The third-order valence-electron chi connectivity index (χ3n) is 5.51. The quantitative estimate of drug-likeness (QED) is 0.317. The lowest BCUT2D eigenvalue weighted by Gasteiger charge is -2.21. The van der Waals surface area contributed by atoms with Crippen LogP contribution in [0.1, 0.15) is 39.2 Å². The summed E-state index contributed by atoms with van der Waals surface area (Å²) >= 11 is 0. The van der Waals surface area contributed by atoms with E-state index in [0.29, 0.717) is 21.9 Å². The molecule has 38 heavy (non-hydrogen) atoms. The third kappa shape index (κ3) is 6.52. The van der Waals surface area contributed by atoms with Gasteiger partial charge in [0.05, 0.1) is 6.61 Å². The molecule has 0 bridgehead atoms. The number of esters is 1. The minimum absolute atomic E-state index is 0.0232. The minimum atomic E-state index is -4.30. The number of carbonyl (C=O) groups is 2. The molecule has 1 aliphatic heterocycles. The van der Waals surface area contributed by atoms with Crippen molar-refractivity contribution in [2.24, 2.45) is 0 Å². The maximum atomic E-state index is 16.0. The largest absolute Gasteiger partial charge is 0.494 e. The average Bonchev–Trinajstić information content (AvgIpc) is 3.11. The van der Waals surface area contributed by atoms with Crippen LogP contribution in [0.25, 0.3) is 10.8 Å². The van der Waals surface area contributed by atoms with E-state index >= 15 is 4.39 Å². The Morgan fingerprint density at radius 1 is 1.08 bits per heavy atom. The highest BCUT2D eigenvalue weighted by Crippen LogP contribution is 2.40. The number of hydrogen-bond donors (Lipinski definition) is 1. The van der Waals surface area contributed by atoms with Gasteiger partial charge in [-0.05, 0) is 56.3 Å². The Kier molecular flexibility index (Phi) is 7.77. The van der Waals surface area contributed by atoms with Crippen LogP contribution in [-0.2, 0) is 31.1 Å². The van der Waals surface area contributed by atoms with E-state index in [1.54, 1.807) is 32.9 Å². The number of rotatable bonds is 9. The van der Waals surface area contributed by atoms with Crippen LogP contribution >= 0.6 is 0 Å². The molecule has 0 aromatic heterocycles. The molecular weight excluding hydrogens is 515 g/mol. The molecule has 3 aromatic carbocycles. The van der Waals surface area contributed by atoms with Gasteiger partial charge in [0, 0.05) is 11.8 Å². The summed E-state index contributed by atoms with van der Waals surface area (Å²) in [5.74, 6) is -1.67. The molecule has 0 saturated carbocycles. The summed E-state index contributed by atoms with van der Waals surface area (Å²) in [6, 6.07) is 15.4. The van der Waals surface area contributed by atoms with Crippen LogP contribution in [0, 0.1) is 5.82 Å². The molecule has 0 radical (unpaired) electrons. The van der Waals surface area contributed by atoms with Crippen molar-refractivity contribution in [3.05, 3.63) is 66.0 Å². The maximum Gasteiger partial charge on any atom is 0.326 e. The highest BCUT2D eigenvalue weighted by atomic mass is 32.2. The van der Waals surface area contributed by atoms with Crippen LogP contribution in [0.4, 0.5) is 10.1 Å². The van der Waals surface area contributed by atoms with Crippen LogP contribution in [0.3, 0.4) is 0 Å². The lowest BCUT2D eigenvalue weighted by molar-refractivity contribution is -0.155. The van der Waals surface area contributed by atoms with Gasteiger partial charge in [-0.15, -0.1) is 0 Å². The lowest BCUT2D eigenvalue weighted by atomic mass is 10.1. The Hall–Kier alpha value is -3.86. The Balaban J connectivity index is 1.60. The van der Waals surface area contributed by atoms with Gasteiger partial charge in [-0.1, -0.05) is 36.4 Å². The Morgan fingerprint density at radius 3 is 2.47 bits per heavy atom. The van der Waals surface area contributed by atoms with Gasteiger partial charge >= 0.3 is 16.2 Å². The molecular formula is C27H29FN2O7S. The number of ether oxygens (including phenoxy) is 3. The predicted octanol–water partition coefficient (Wildman–Crippen LogP) is 4.24. The van der Waals surface area contributed by atoms with E-state index in [1.807, 2.05) is 35.1 Å². The molecule has 4 rings (SSSR count). The molecule has 0 atom stereocenters. The summed E-state index contributed by atoms with van der Waals surface area (Å²) in [7, 11) is -4.30. The van der Waals surface area contributed by atoms with Crippen molar-refractivity contribution in [1.82, 2.24) is 4.72 Å². The van der Waals surface area contributed by atoms with Gasteiger partial charge in [-0.25, -0.2) is 13.4 Å². The highest BCUT2D eigenvalue weighted by molar-refractivity contribution is 7.92. The van der Waals surface area contributed by atoms with Gasteiger partial charge in [0.15, 0.2) is 5.82 Å². The zero-order chi connectivity index (χ0) is 27.5. The average molecular weight is 545 g/mol. The molecule has 202 valence electrons. The van der Waals surface area contributed by atoms with Gasteiger partial charge < -0.3 is 14.2 Å². The van der Waals surface area contributed by atoms with Crippen molar-refractivity contribution in [1.29, 1.82) is 0 Å². The first-order valence-corrected chi connectivity index (χ1v) is 13.5. The second-order valence-electron chi connectivity index (χ2n) is 9.77. The number of halogens is 1. The molecule has 0 aliphatic carbocycles. The van der Waals surface area contributed by atoms with Gasteiger partial charge in [0.2, 0.25) is 0 Å². The number of amides is 1. The second-order valence-corrected chi connectivity index (χ2v) is 11.4. The van der Waals surface area contributed by atoms with Crippen molar-refractivity contribution in [3.63, 3.8) is 0 Å². The van der Waals surface area contributed by atoms with E-state index in [4.69, 9.17) is 14.2 Å². The fourth-order valence-corrected chi connectivity index (χ4v) is 5.07. The third-order valence-corrected chi connectivity index (χ3v) is 6.89. The van der Waals surface area contributed by atoms with E-state index in [0.717, 1.165) is 5.56 Å². The Labute approximate surface area is 220 Å². The zero-order valence-electron chi connectivity index (χ0n) is 21.3. The van der Waals surface area contributed by atoms with Gasteiger partial charge in [-0.3, -0.25) is 9.59 Å². The first kappa shape index (κ1) is 27.2. The SMILES string of the molecule is CC(C)(C)OC(=O)CCCOc1ccc2cc(OCc3ccccc3)c(N3CC(=O)NS3(=O)=O)c(F)c2c1. The number of hydrogen-bond acceptors (Lipinski definition) is 7. The Morgan fingerprint density at radius 2 is 1.82 bits per heavy atom. The summed E-state index contributed by atoms with van der Waals surface area (Å²) in [6.45, 7) is 5.04. The molecule has 1 heterocycles. The normalized spacial score (nSPS) is 14.8. The summed E-state index contributed by atoms with van der Waals surface area (Å²) in [4.78, 5) is 23.8. The van der Waals surface area contributed by atoms with Crippen LogP contribution in [0.5, 0.6) is 11.5 Å². The number of nitrogens with zero attached hydrogens (tertiary/aromatic N) is 1. The fourth-order valence-electron chi connectivity index (χ4n) is 3.91. The molecule has 1 amide bonds. The minimum Gasteiger partial charge on any atom is -0.494 e. The monoisotopic (exact) mass is 544 g/mol. The van der Waals surface area contributed by atoms with E-state index in [2.05, 4.69) is 0 Å². The molecule has 11 heteroatoms. The Bertz CT molecular complexity index is 1450.